The Labute approximate surface area is 64.9 Å². The lowest BCUT2D eigenvalue weighted by Crippen LogP contribution is -2.31. The van der Waals surface area contributed by atoms with Crippen LogP contribution in [0, 0.1) is 0 Å². The first-order chi connectivity index (χ1) is 4.63. The first-order valence-corrected chi connectivity index (χ1v) is 3.18. The second-order valence-electron chi connectivity index (χ2n) is 1.74. The number of carbonyl (C=O) groups excluding carboxylic acids is 1. The fourth-order valence-corrected chi connectivity index (χ4v) is 0.969. The van der Waals surface area contributed by atoms with E-state index in [0.29, 0.717) is 0 Å². The van der Waals surface area contributed by atoms with Crippen molar-refractivity contribution < 1.29 is 19.4 Å². The predicted octanol–water partition coefficient (Wildman–Crippen LogP) is 0.202. The van der Waals surface area contributed by atoms with Crippen LogP contribution in [0.2, 0.25) is 0 Å². The third kappa shape index (κ3) is 1.06. The zero-order chi connectivity index (χ0) is 7.72. The monoisotopic (exact) mass is 209 g/mol. The number of carbonyl (C=O) groups is 2. The van der Waals surface area contributed by atoms with Gasteiger partial charge in [0.25, 0.3) is 0 Å². The highest BCUT2D eigenvalue weighted by atomic mass is 79.9. The summed E-state index contributed by atoms with van der Waals surface area (Å²) in [7, 11) is 0. The standard InChI is InChI=1S/C4H4BrNO4/c5-6-2(3(7)8)1-10-4(6)9/h2H,1H2,(H,7,8). The van der Waals surface area contributed by atoms with Gasteiger partial charge in [0.1, 0.15) is 6.61 Å². The first-order valence-electron chi connectivity index (χ1n) is 2.47. The number of aliphatic carboxylic acids is 1. The van der Waals surface area contributed by atoms with Crippen molar-refractivity contribution in [1.29, 1.82) is 0 Å². The van der Waals surface area contributed by atoms with E-state index in [2.05, 4.69) is 20.9 Å². The maximum Gasteiger partial charge on any atom is 0.420 e. The average molecular weight is 210 g/mol. The summed E-state index contributed by atoms with van der Waals surface area (Å²) in [4.78, 5) is 20.7. The van der Waals surface area contributed by atoms with Crippen LogP contribution in [-0.2, 0) is 9.53 Å². The molecule has 1 N–H and O–H groups in total. The Kier molecular flexibility index (Phi) is 1.80. The largest absolute Gasteiger partial charge is 0.480 e. The number of hydrogen-bond donors (Lipinski definition) is 1. The quantitative estimate of drug-likeness (QED) is 0.627. The number of halogens is 1. The minimum atomic E-state index is -1.08. The molecule has 1 amide bonds. The van der Waals surface area contributed by atoms with Crippen molar-refractivity contribution in [2.24, 2.45) is 0 Å². The summed E-state index contributed by atoms with van der Waals surface area (Å²) in [5.74, 6) is -1.08. The van der Waals surface area contributed by atoms with Crippen molar-refractivity contribution in [2.45, 2.75) is 6.04 Å². The summed E-state index contributed by atoms with van der Waals surface area (Å²) in [6.45, 7) is -0.0978. The van der Waals surface area contributed by atoms with Gasteiger partial charge in [-0.2, -0.15) is 0 Å². The lowest BCUT2D eigenvalue weighted by molar-refractivity contribution is -0.140. The van der Waals surface area contributed by atoms with E-state index in [4.69, 9.17) is 5.11 Å². The molecule has 1 fully saturated rings. The zero-order valence-electron chi connectivity index (χ0n) is 4.78. The topological polar surface area (TPSA) is 66.8 Å². The van der Waals surface area contributed by atoms with Gasteiger partial charge in [0, 0.05) is 0 Å². The summed E-state index contributed by atoms with van der Waals surface area (Å²) in [5.41, 5.74) is 0. The van der Waals surface area contributed by atoms with E-state index in [-0.39, 0.29) is 6.61 Å². The number of cyclic esters (lactones) is 1. The van der Waals surface area contributed by atoms with Crippen molar-refractivity contribution in [1.82, 2.24) is 3.93 Å². The van der Waals surface area contributed by atoms with Gasteiger partial charge in [-0.3, -0.25) is 0 Å². The van der Waals surface area contributed by atoms with Crippen molar-refractivity contribution in [2.75, 3.05) is 6.61 Å². The Balaban J connectivity index is 2.66. The number of hydrogen-bond acceptors (Lipinski definition) is 3. The summed E-state index contributed by atoms with van der Waals surface area (Å²) >= 11 is 2.75. The molecule has 5 nitrogen and oxygen atoms in total. The van der Waals surface area contributed by atoms with Crippen LogP contribution in [0.4, 0.5) is 4.79 Å². The van der Waals surface area contributed by atoms with Gasteiger partial charge in [-0.25, -0.2) is 13.5 Å². The molecule has 0 saturated carbocycles. The average Bonchev–Trinajstić information content (AvgIpc) is 2.14. The smallest absolute Gasteiger partial charge is 0.420 e. The fraction of sp³-hybridized carbons (Fsp3) is 0.500. The van der Waals surface area contributed by atoms with Crippen LogP contribution >= 0.6 is 16.1 Å². The SMILES string of the molecule is O=C(O)C1COC(=O)N1Br. The van der Waals surface area contributed by atoms with Gasteiger partial charge in [-0.15, -0.1) is 0 Å². The van der Waals surface area contributed by atoms with Gasteiger partial charge >= 0.3 is 12.1 Å². The maximum absolute atomic E-state index is 10.5. The number of rotatable bonds is 1. The van der Waals surface area contributed by atoms with Crippen molar-refractivity contribution in [3.63, 3.8) is 0 Å². The fourth-order valence-electron chi connectivity index (χ4n) is 0.573. The molecular weight excluding hydrogens is 206 g/mol. The minimum absolute atomic E-state index is 0.0978. The van der Waals surface area contributed by atoms with Crippen LogP contribution in [-0.4, -0.2) is 33.7 Å². The van der Waals surface area contributed by atoms with E-state index in [1.807, 2.05) is 0 Å². The molecule has 0 aliphatic carbocycles. The predicted molar refractivity (Wildman–Crippen MR) is 33.5 cm³/mol. The number of carboxylic acid groups (broad SMARTS) is 1. The van der Waals surface area contributed by atoms with Crippen LogP contribution in [0.5, 0.6) is 0 Å². The van der Waals surface area contributed by atoms with Gasteiger partial charge in [-0.1, -0.05) is 0 Å². The molecule has 1 unspecified atom stereocenters. The number of carboxylic acids is 1. The van der Waals surface area contributed by atoms with E-state index in [0.717, 1.165) is 3.93 Å². The second-order valence-corrected chi connectivity index (χ2v) is 2.51. The second kappa shape index (κ2) is 2.45. The molecule has 1 rings (SSSR count). The maximum atomic E-state index is 10.5. The van der Waals surface area contributed by atoms with E-state index < -0.39 is 18.1 Å². The lowest BCUT2D eigenvalue weighted by Gasteiger charge is -2.06. The summed E-state index contributed by atoms with van der Waals surface area (Å²) < 4.78 is 5.27. The molecule has 0 aromatic carbocycles. The Bertz CT molecular complexity index is 182. The van der Waals surface area contributed by atoms with E-state index in [9.17, 15) is 9.59 Å². The molecule has 0 aromatic rings. The zero-order valence-corrected chi connectivity index (χ0v) is 6.37. The van der Waals surface area contributed by atoms with Gasteiger partial charge < -0.3 is 9.84 Å². The number of nitrogens with zero attached hydrogens (tertiary/aromatic N) is 1. The molecule has 1 aliphatic rings. The molecule has 0 bridgehead atoms. The highest BCUT2D eigenvalue weighted by molar-refractivity contribution is 9.07. The number of amides is 1. The Morgan fingerprint density at radius 1 is 1.90 bits per heavy atom. The molecule has 0 aromatic heterocycles. The van der Waals surface area contributed by atoms with E-state index in [1.54, 1.807) is 0 Å². The van der Waals surface area contributed by atoms with Crippen LogP contribution in [0.25, 0.3) is 0 Å². The normalized spacial score (nSPS) is 24.7. The van der Waals surface area contributed by atoms with E-state index in [1.165, 1.54) is 0 Å². The van der Waals surface area contributed by atoms with Crippen LogP contribution in [0.3, 0.4) is 0 Å². The molecule has 1 saturated heterocycles. The summed E-state index contributed by atoms with van der Waals surface area (Å²) in [6.07, 6.45) is -0.660. The molecule has 6 heteroatoms. The van der Waals surface area contributed by atoms with Gasteiger partial charge in [0.15, 0.2) is 6.04 Å². The molecule has 0 spiro atoms. The third-order valence-electron chi connectivity index (χ3n) is 1.10. The van der Waals surface area contributed by atoms with Crippen LogP contribution in [0.1, 0.15) is 0 Å². The lowest BCUT2D eigenvalue weighted by atomic mass is 10.3. The van der Waals surface area contributed by atoms with Crippen molar-refractivity contribution in [3.05, 3.63) is 0 Å². The summed E-state index contributed by atoms with van der Waals surface area (Å²) in [5, 5.41) is 8.40. The molecule has 1 atom stereocenters. The molecule has 1 aliphatic heterocycles. The van der Waals surface area contributed by atoms with Crippen molar-refractivity contribution >= 4 is 28.2 Å². The third-order valence-corrected chi connectivity index (χ3v) is 1.88. The summed E-state index contributed by atoms with van der Waals surface area (Å²) in [6, 6.07) is -0.896. The van der Waals surface area contributed by atoms with Crippen LogP contribution in [0.15, 0.2) is 0 Å². The molecule has 56 valence electrons. The molecule has 0 radical (unpaired) electrons. The molecule has 10 heavy (non-hydrogen) atoms. The van der Waals surface area contributed by atoms with E-state index >= 15 is 0 Å². The van der Waals surface area contributed by atoms with Gasteiger partial charge in [0.2, 0.25) is 0 Å². The highest BCUT2D eigenvalue weighted by Gasteiger charge is 2.36. The molecule has 1 heterocycles. The Morgan fingerprint density at radius 2 is 2.50 bits per heavy atom. The Hall–Kier alpha value is -0.780. The first kappa shape index (κ1) is 7.33. The number of ether oxygens (including phenoxy) is 1. The minimum Gasteiger partial charge on any atom is -0.480 e. The van der Waals surface area contributed by atoms with Crippen LogP contribution < -0.4 is 0 Å². The van der Waals surface area contributed by atoms with Crippen molar-refractivity contribution in [3.8, 4) is 0 Å². The highest BCUT2D eigenvalue weighted by Crippen LogP contribution is 2.16. The van der Waals surface area contributed by atoms with Gasteiger partial charge in [-0.05, 0) is 0 Å². The van der Waals surface area contributed by atoms with Gasteiger partial charge in [0.05, 0.1) is 16.1 Å². The Morgan fingerprint density at radius 3 is 2.70 bits per heavy atom. The molecular formula is C4H4BrNO4.